The molecule has 1 fully saturated rings. The first-order valence-corrected chi connectivity index (χ1v) is 13.9. The first-order valence-electron chi connectivity index (χ1n) is 13.9. The van der Waals surface area contributed by atoms with Crippen LogP contribution in [0.5, 0.6) is 0 Å². The van der Waals surface area contributed by atoms with Crippen molar-refractivity contribution < 1.29 is 28.8 Å². The minimum atomic E-state index is -1.47. The molecule has 0 radical (unpaired) electrons. The summed E-state index contributed by atoms with van der Waals surface area (Å²) in [6.45, 7) is 2.06. The first-order chi connectivity index (χ1) is 20.0. The monoisotopic (exact) mass is 554 g/mol. The van der Waals surface area contributed by atoms with Crippen LogP contribution in [0.25, 0.3) is 0 Å². The molecule has 1 aliphatic rings. The van der Waals surface area contributed by atoms with Crippen LogP contribution < -0.4 is 0 Å². The number of benzene rings is 4. The highest BCUT2D eigenvalue weighted by atomic mass is 16.7. The van der Waals surface area contributed by atoms with E-state index in [-0.39, 0.29) is 6.61 Å². The van der Waals surface area contributed by atoms with Crippen molar-refractivity contribution in [1.29, 1.82) is 0 Å². The second kappa shape index (κ2) is 13.1. The number of rotatable bonds is 11. The van der Waals surface area contributed by atoms with Gasteiger partial charge in [-0.05, 0) is 29.2 Å². The van der Waals surface area contributed by atoms with Crippen LogP contribution in [0.4, 0.5) is 0 Å². The topological polar surface area (TPSA) is 66.4 Å². The largest absolute Gasteiger partial charge is 0.385 e. The van der Waals surface area contributed by atoms with Crippen molar-refractivity contribution in [2.75, 3.05) is 20.8 Å². The predicted octanol–water partition coefficient (Wildman–Crippen LogP) is 5.72. The van der Waals surface area contributed by atoms with E-state index in [9.17, 15) is 5.11 Å². The number of hydrogen-bond donors (Lipinski definition) is 1. The third-order valence-electron chi connectivity index (χ3n) is 7.86. The maximum atomic E-state index is 12.0. The van der Waals surface area contributed by atoms with Gasteiger partial charge in [-0.15, -0.1) is 0 Å². The first kappa shape index (κ1) is 29.1. The van der Waals surface area contributed by atoms with Gasteiger partial charge < -0.3 is 28.8 Å². The molecule has 0 unspecified atom stereocenters. The number of hydrogen-bond acceptors (Lipinski definition) is 6. The van der Waals surface area contributed by atoms with Crippen LogP contribution >= 0.6 is 0 Å². The highest BCUT2D eigenvalue weighted by Gasteiger charge is 2.55. The van der Waals surface area contributed by atoms with Gasteiger partial charge in [0, 0.05) is 14.2 Å². The number of ether oxygens (including phenoxy) is 5. The Kier molecular flexibility index (Phi) is 9.30. The lowest BCUT2D eigenvalue weighted by molar-refractivity contribution is -0.338. The molecule has 0 amide bonds. The molecule has 5 atom stereocenters. The smallest absolute Gasteiger partial charge is 0.186 e. The van der Waals surface area contributed by atoms with Crippen molar-refractivity contribution in [3.05, 3.63) is 144 Å². The summed E-state index contributed by atoms with van der Waals surface area (Å²) in [4.78, 5) is 0. The maximum Gasteiger partial charge on any atom is 0.186 e. The molecular weight excluding hydrogens is 516 g/mol. The molecule has 214 valence electrons. The molecule has 1 N–H and O–H groups in total. The molecule has 0 bridgehead atoms. The van der Waals surface area contributed by atoms with E-state index < -0.39 is 35.8 Å². The summed E-state index contributed by atoms with van der Waals surface area (Å²) in [6, 6.07) is 40.2. The van der Waals surface area contributed by atoms with Gasteiger partial charge in [0.05, 0.1) is 13.2 Å². The molecular formula is C35H38O6. The molecule has 4 aromatic rings. The molecule has 0 aromatic heterocycles. The van der Waals surface area contributed by atoms with Crippen molar-refractivity contribution in [3.63, 3.8) is 0 Å². The summed E-state index contributed by atoms with van der Waals surface area (Å²) in [5, 5.41) is 12.0. The minimum absolute atomic E-state index is 0.0488. The Balaban J connectivity index is 1.51. The summed E-state index contributed by atoms with van der Waals surface area (Å²) in [5.41, 5.74) is 1.43. The zero-order valence-corrected chi connectivity index (χ0v) is 23.8. The highest BCUT2D eigenvalue weighted by molar-refractivity contribution is 5.47. The maximum absolute atomic E-state index is 12.0. The zero-order valence-electron chi connectivity index (χ0n) is 23.8. The molecule has 0 saturated carbocycles. The van der Waals surface area contributed by atoms with Gasteiger partial charge in [-0.2, -0.15) is 0 Å². The summed E-state index contributed by atoms with van der Waals surface area (Å²) >= 11 is 0. The van der Waals surface area contributed by atoms with Crippen molar-refractivity contribution in [2.24, 2.45) is 0 Å². The third-order valence-corrected chi connectivity index (χ3v) is 7.86. The van der Waals surface area contributed by atoms with Gasteiger partial charge in [0.1, 0.15) is 29.5 Å². The molecule has 1 heterocycles. The fraction of sp³-hybridized carbons (Fsp3) is 0.314. The summed E-state index contributed by atoms with van der Waals surface area (Å²) in [7, 11) is 3.13. The minimum Gasteiger partial charge on any atom is -0.385 e. The van der Waals surface area contributed by atoms with Gasteiger partial charge in [0.15, 0.2) is 6.29 Å². The fourth-order valence-corrected chi connectivity index (χ4v) is 5.66. The number of methoxy groups -OCH3 is 2. The normalized spacial score (nSPS) is 24.7. The van der Waals surface area contributed by atoms with Crippen LogP contribution in [-0.2, 0) is 35.9 Å². The Morgan fingerprint density at radius 1 is 0.707 bits per heavy atom. The lowest BCUT2D eigenvalue weighted by Crippen LogP contribution is -2.67. The average Bonchev–Trinajstić information content (AvgIpc) is 3.03. The van der Waals surface area contributed by atoms with Crippen LogP contribution in [-0.4, -0.2) is 56.1 Å². The van der Waals surface area contributed by atoms with E-state index in [0.717, 1.165) is 22.3 Å². The van der Waals surface area contributed by atoms with Crippen LogP contribution in [0.1, 0.15) is 29.2 Å². The van der Waals surface area contributed by atoms with Crippen molar-refractivity contribution in [1.82, 2.24) is 0 Å². The van der Waals surface area contributed by atoms with Gasteiger partial charge in [-0.25, -0.2) is 0 Å². The van der Waals surface area contributed by atoms with E-state index in [0.29, 0.717) is 6.61 Å². The van der Waals surface area contributed by atoms with Crippen LogP contribution in [0, 0.1) is 0 Å². The SMILES string of the molecule is CO[C@H]1O[C@H](COC(c2ccccc2)(c2ccccc2)c2ccccc2)[C@](C)(O)[C@H](OCc2ccccc2)[C@H]1OC. The Morgan fingerprint density at radius 3 is 1.61 bits per heavy atom. The standard InChI is InChI=1S/C35H38O6/c1-34(36)30(41-33(38-3)31(37-2)32(34)39-24-26-16-8-4-9-17-26)25-40-35(27-18-10-5-11-19-27,28-20-12-6-13-21-28)29-22-14-7-15-23-29/h4-23,30-33,36H,24-25H2,1-3H3/t30-,31-,32-,33+,34+/m1/s1. The van der Waals surface area contributed by atoms with Crippen LogP contribution in [0.15, 0.2) is 121 Å². The van der Waals surface area contributed by atoms with E-state index in [2.05, 4.69) is 36.4 Å². The second-order valence-electron chi connectivity index (χ2n) is 10.5. The molecule has 1 aliphatic heterocycles. The summed E-state index contributed by atoms with van der Waals surface area (Å²) in [5.74, 6) is 0. The lowest BCUT2D eigenvalue weighted by Gasteiger charge is -2.50. The molecule has 41 heavy (non-hydrogen) atoms. The van der Waals surface area contributed by atoms with Gasteiger partial charge >= 0.3 is 0 Å². The van der Waals surface area contributed by atoms with Crippen molar-refractivity contribution >= 4 is 0 Å². The van der Waals surface area contributed by atoms with Crippen molar-refractivity contribution in [2.45, 2.75) is 49.3 Å². The van der Waals surface area contributed by atoms with Gasteiger partial charge in [-0.3, -0.25) is 0 Å². The Labute approximate surface area is 242 Å². The van der Waals surface area contributed by atoms with Gasteiger partial charge in [-0.1, -0.05) is 121 Å². The Hall–Kier alpha value is -3.36. The molecule has 4 aromatic carbocycles. The van der Waals surface area contributed by atoms with E-state index in [1.807, 2.05) is 84.9 Å². The average molecular weight is 555 g/mol. The Bertz CT molecular complexity index is 1230. The number of aliphatic hydroxyl groups is 1. The highest BCUT2D eigenvalue weighted by Crippen LogP contribution is 2.42. The molecule has 0 spiro atoms. The van der Waals surface area contributed by atoms with Gasteiger partial charge in [0.25, 0.3) is 0 Å². The predicted molar refractivity (Wildman–Crippen MR) is 157 cm³/mol. The van der Waals surface area contributed by atoms with E-state index >= 15 is 0 Å². The molecule has 5 rings (SSSR count). The van der Waals surface area contributed by atoms with Crippen molar-refractivity contribution in [3.8, 4) is 0 Å². The van der Waals surface area contributed by atoms with E-state index in [1.54, 1.807) is 21.1 Å². The second-order valence-corrected chi connectivity index (χ2v) is 10.5. The van der Waals surface area contributed by atoms with Crippen LogP contribution in [0.2, 0.25) is 0 Å². The molecule has 6 heteroatoms. The Morgan fingerprint density at radius 2 is 1.17 bits per heavy atom. The zero-order chi connectivity index (χ0) is 28.7. The van der Waals surface area contributed by atoms with E-state index in [4.69, 9.17) is 23.7 Å². The summed E-state index contributed by atoms with van der Waals surface area (Å²) < 4.78 is 31.1. The quantitative estimate of drug-likeness (QED) is 0.239. The van der Waals surface area contributed by atoms with Crippen LogP contribution in [0.3, 0.4) is 0 Å². The molecule has 6 nitrogen and oxygen atoms in total. The molecule has 0 aliphatic carbocycles. The van der Waals surface area contributed by atoms with Gasteiger partial charge in [0.2, 0.25) is 0 Å². The fourth-order valence-electron chi connectivity index (χ4n) is 5.66. The lowest BCUT2D eigenvalue weighted by atomic mass is 9.79. The van der Waals surface area contributed by atoms with E-state index in [1.165, 1.54) is 0 Å². The molecule has 1 saturated heterocycles. The third kappa shape index (κ3) is 5.99. The summed E-state index contributed by atoms with van der Waals surface area (Å²) in [6.07, 6.45) is -2.97.